The molecule has 0 spiro atoms. The molecule has 1 aliphatic rings. The topological polar surface area (TPSA) is 75.6 Å². The zero-order valence-electron chi connectivity index (χ0n) is 12.5. The first-order valence-corrected chi connectivity index (χ1v) is 7.42. The number of carbonyl (C=O) groups is 2. The molecule has 0 bridgehead atoms. The van der Waals surface area contributed by atoms with Crippen molar-refractivity contribution in [1.82, 2.24) is 5.32 Å². The van der Waals surface area contributed by atoms with E-state index in [2.05, 4.69) is 5.32 Å². The van der Waals surface area contributed by atoms with Crippen molar-refractivity contribution >= 4 is 12.1 Å². The third-order valence-electron chi connectivity index (χ3n) is 3.92. The molecule has 23 heavy (non-hydrogen) atoms. The van der Waals surface area contributed by atoms with Gasteiger partial charge in [0.15, 0.2) is 0 Å². The number of benzene rings is 1. The summed E-state index contributed by atoms with van der Waals surface area (Å²) in [6.07, 6.45) is -1.71. The first-order chi connectivity index (χ1) is 10.9. The lowest BCUT2D eigenvalue weighted by molar-refractivity contribution is -0.137. The molecule has 2 N–H and O–H groups in total. The number of amides is 1. The Morgan fingerprint density at radius 2 is 2.04 bits per heavy atom. The summed E-state index contributed by atoms with van der Waals surface area (Å²) in [4.78, 5) is 22.7. The Kier molecular flexibility index (Phi) is 5.52. The molecule has 1 saturated carbocycles. The van der Waals surface area contributed by atoms with Crippen molar-refractivity contribution in [2.45, 2.75) is 44.3 Å². The van der Waals surface area contributed by atoms with Crippen molar-refractivity contribution in [3.05, 3.63) is 35.9 Å². The molecule has 1 unspecified atom stereocenters. The predicted molar refractivity (Wildman–Crippen MR) is 78.1 cm³/mol. The van der Waals surface area contributed by atoms with E-state index < -0.39 is 42.8 Å². The maximum atomic E-state index is 13.3. The molecule has 1 aromatic carbocycles. The van der Waals surface area contributed by atoms with Gasteiger partial charge >= 0.3 is 12.1 Å². The number of carbonyl (C=O) groups excluding carboxylic acids is 1. The highest BCUT2D eigenvalue weighted by molar-refractivity contribution is 5.71. The summed E-state index contributed by atoms with van der Waals surface area (Å²) < 4.78 is 31.6. The minimum absolute atomic E-state index is 0.0350. The highest BCUT2D eigenvalue weighted by Crippen LogP contribution is 2.40. The summed E-state index contributed by atoms with van der Waals surface area (Å²) in [6, 6.07) is 8.12. The van der Waals surface area contributed by atoms with Crippen molar-refractivity contribution < 1.29 is 28.2 Å². The van der Waals surface area contributed by atoms with Crippen LogP contribution in [0, 0.1) is 5.92 Å². The number of alkyl halides is 2. The van der Waals surface area contributed by atoms with Crippen LogP contribution in [0.25, 0.3) is 0 Å². The molecule has 1 amide bonds. The number of carboxylic acids is 1. The molecule has 7 heteroatoms. The van der Waals surface area contributed by atoms with Crippen LogP contribution in [0.1, 0.15) is 31.2 Å². The molecular formula is C16H19F2NO4. The first kappa shape index (κ1) is 17.2. The van der Waals surface area contributed by atoms with Crippen LogP contribution < -0.4 is 5.32 Å². The summed E-state index contributed by atoms with van der Waals surface area (Å²) >= 11 is 0. The molecule has 1 fully saturated rings. The van der Waals surface area contributed by atoms with Gasteiger partial charge in [-0.3, -0.25) is 4.79 Å². The van der Waals surface area contributed by atoms with Crippen LogP contribution in [0.15, 0.2) is 30.3 Å². The van der Waals surface area contributed by atoms with Crippen LogP contribution in [0.3, 0.4) is 0 Å². The lowest BCUT2D eigenvalue weighted by Gasteiger charge is -2.23. The Labute approximate surface area is 132 Å². The van der Waals surface area contributed by atoms with Crippen LogP contribution in [0.4, 0.5) is 13.6 Å². The van der Waals surface area contributed by atoms with Gasteiger partial charge in [0.25, 0.3) is 0 Å². The molecule has 1 aliphatic carbocycles. The summed E-state index contributed by atoms with van der Waals surface area (Å²) in [5, 5.41) is 11.3. The maximum Gasteiger partial charge on any atom is 0.407 e. The van der Waals surface area contributed by atoms with E-state index in [1.807, 2.05) is 6.07 Å². The minimum Gasteiger partial charge on any atom is -0.481 e. The normalized spacial score (nSPS) is 20.7. The van der Waals surface area contributed by atoms with Gasteiger partial charge in [0.2, 0.25) is 5.92 Å². The third-order valence-corrected chi connectivity index (χ3v) is 3.92. The lowest BCUT2D eigenvalue weighted by atomic mass is 9.95. The molecule has 0 aliphatic heterocycles. The average Bonchev–Trinajstić information content (AvgIpc) is 2.85. The second kappa shape index (κ2) is 7.39. The Morgan fingerprint density at radius 1 is 1.35 bits per heavy atom. The number of rotatable bonds is 6. The number of aliphatic carboxylic acids is 1. The van der Waals surface area contributed by atoms with E-state index in [-0.39, 0.29) is 19.4 Å². The largest absolute Gasteiger partial charge is 0.481 e. The molecule has 2 rings (SSSR count). The average molecular weight is 327 g/mol. The quantitative estimate of drug-likeness (QED) is 0.841. The van der Waals surface area contributed by atoms with Crippen LogP contribution in [0.5, 0.6) is 0 Å². The second-order valence-corrected chi connectivity index (χ2v) is 5.77. The second-order valence-electron chi connectivity index (χ2n) is 5.77. The zero-order chi connectivity index (χ0) is 16.9. The standard InChI is InChI=1S/C16H19F2NO4/c17-16(18)7-6-12(9-16)13(8-14(20)21)19-15(22)23-10-11-4-2-1-3-5-11/h1-5,12-13H,6-10H2,(H,19,22)(H,20,21)/t12?,13-/m1/s1. The van der Waals surface area contributed by atoms with Crippen LogP contribution in [0.2, 0.25) is 0 Å². The first-order valence-electron chi connectivity index (χ1n) is 7.42. The fraction of sp³-hybridized carbons (Fsp3) is 0.500. The highest BCUT2D eigenvalue weighted by Gasteiger charge is 2.43. The molecule has 2 atom stereocenters. The van der Waals surface area contributed by atoms with E-state index in [0.717, 1.165) is 5.56 Å². The zero-order valence-corrected chi connectivity index (χ0v) is 12.5. The summed E-state index contributed by atoms with van der Waals surface area (Å²) in [6.45, 7) is 0.0350. The summed E-state index contributed by atoms with van der Waals surface area (Å²) in [5.74, 6) is -4.50. The molecule has 126 valence electrons. The molecule has 5 nitrogen and oxygen atoms in total. The van der Waals surface area contributed by atoms with E-state index in [4.69, 9.17) is 9.84 Å². The number of nitrogens with one attached hydrogen (secondary N) is 1. The smallest absolute Gasteiger partial charge is 0.407 e. The van der Waals surface area contributed by atoms with Crippen molar-refractivity contribution in [1.29, 1.82) is 0 Å². The Morgan fingerprint density at radius 3 is 2.61 bits per heavy atom. The molecule has 0 radical (unpaired) electrons. The number of hydrogen-bond acceptors (Lipinski definition) is 3. The molecule has 0 heterocycles. The molecular weight excluding hydrogens is 308 g/mol. The predicted octanol–water partition coefficient (Wildman–Crippen LogP) is 3.19. The molecule has 0 aromatic heterocycles. The molecule has 1 aromatic rings. The number of alkyl carbamates (subject to hydrolysis) is 1. The van der Waals surface area contributed by atoms with Gasteiger partial charge in [-0.25, -0.2) is 13.6 Å². The van der Waals surface area contributed by atoms with Gasteiger partial charge < -0.3 is 15.2 Å². The Bertz CT molecular complexity index is 550. The van der Waals surface area contributed by atoms with Crippen LogP contribution in [-0.2, 0) is 16.1 Å². The van der Waals surface area contributed by atoms with Crippen molar-refractivity contribution in [2.24, 2.45) is 5.92 Å². The summed E-state index contributed by atoms with van der Waals surface area (Å²) in [7, 11) is 0. The molecule has 0 saturated heterocycles. The fourth-order valence-electron chi connectivity index (χ4n) is 2.77. The SMILES string of the molecule is O=C(O)C[C@@H](NC(=O)OCc1ccccc1)C1CCC(F)(F)C1. The van der Waals surface area contributed by atoms with Gasteiger partial charge in [-0.1, -0.05) is 30.3 Å². The third kappa shape index (κ3) is 5.50. The van der Waals surface area contributed by atoms with Gasteiger partial charge in [0.05, 0.1) is 6.42 Å². The number of ether oxygens (including phenoxy) is 1. The van der Waals surface area contributed by atoms with Gasteiger partial charge in [-0.2, -0.15) is 0 Å². The van der Waals surface area contributed by atoms with Crippen molar-refractivity contribution in [3.8, 4) is 0 Å². The van der Waals surface area contributed by atoms with Gasteiger partial charge in [-0.15, -0.1) is 0 Å². The Balaban J connectivity index is 1.89. The van der Waals surface area contributed by atoms with E-state index in [9.17, 15) is 18.4 Å². The minimum atomic E-state index is -2.79. The highest BCUT2D eigenvalue weighted by atomic mass is 19.3. The van der Waals surface area contributed by atoms with Crippen molar-refractivity contribution in [2.75, 3.05) is 0 Å². The summed E-state index contributed by atoms with van der Waals surface area (Å²) in [5.41, 5.74) is 0.782. The van der Waals surface area contributed by atoms with Crippen LogP contribution in [-0.4, -0.2) is 29.1 Å². The van der Waals surface area contributed by atoms with E-state index in [0.29, 0.717) is 0 Å². The van der Waals surface area contributed by atoms with Gasteiger partial charge in [0.1, 0.15) is 6.61 Å². The number of hydrogen-bond donors (Lipinski definition) is 2. The van der Waals surface area contributed by atoms with Crippen molar-refractivity contribution in [3.63, 3.8) is 0 Å². The fourth-order valence-corrected chi connectivity index (χ4v) is 2.77. The van der Waals surface area contributed by atoms with E-state index >= 15 is 0 Å². The maximum absolute atomic E-state index is 13.3. The monoisotopic (exact) mass is 327 g/mol. The lowest BCUT2D eigenvalue weighted by Crippen LogP contribution is -2.41. The van der Waals surface area contributed by atoms with E-state index in [1.165, 1.54) is 0 Å². The van der Waals surface area contributed by atoms with Gasteiger partial charge in [-0.05, 0) is 17.9 Å². The van der Waals surface area contributed by atoms with E-state index in [1.54, 1.807) is 24.3 Å². The number of halogens is 2. The number of carboxylic acid groups (broad SMARTS) is 1. The van der Waals surface area contributed by atoms with Gasteiger partial charge in [0, 0.05) is 18.9 Å². The Hall–Kier alpha value is -2.18. The van der Waals surface area contributed by atoms with Crippen LogP contribution >= 0.6 is 0 Å².